The van der Waals surface area contributed by atoms with Gasteiger partial charge >= 0.3 is 11.8 Å². The Morgan fingerprint density at radius 3 is 1.87 bits per heavy atom. The van der Waals surface area contributed by atoms with Crippen molar-refractivity contribution >= 4 is 21.5 Å². The van der Waals surface area contributed by atoms with Crippen LogP contribution in [0.2, 0.25) is 0 Å². The van der Waals surface area contributed by atoms with Crippen LogP contribution in [0.5, 0.6) is 0 Å². The minimum atomic E-state index is -4.05. The number of allylic oxidation sites excluding steroid dienone is 2. The van der Waals surface area contributed by atoms with Crippen molar-refractivity contribution in [1.29, 1.82) is 0 Å². The number of halogens is 5. The zero-order valence-corrected chi connectivity index (χ0v) is 8.86. The van der Waals surface area contributed by atoms with Crippen molar-refractivity contribution in [2.24, 2.45) is 0 Å². The molecule has 0 saturated carbocycles. The van der Waals surface area contributed by atoms with Gasteiger partial charge in [-0.3, -0.25) is 0 Å². The SMILES string of the molecule is FC1(F)C=C(c2ccc(Br)cc2)C1(F)F. The summed E-state index contributed by atoms with van der Waals surface area (Å²) in [6, 6.07) is 5.81. The average Bonchev–Trinajstić information content (AvgIpc) is 2.16. The Bertz CT molecular complexity index is 420. The zero-order valence-electron chi connectivity index (χ0n) is 7.28. The first kappa shape index (κ1) is 10.7. The highest BCUT2D eigenvalue weighted by Gasteiger charge is 2.65. The number of rotatable bonds is 1. The summed E-state index contributed by atoms with van der Waals surface area (Å²) in [7, 11) is 0. The summed E-state index contributed by atoms with van der Waals surface area (Å²) in [6.45, 7) is 0. The van der Waals surface area contributed by atoms with Crippen LogP contribution in [0.4, 0.5) is 17.6 Å². The standard InChI is InChI=1S/C10H5BrF4/c11-7-3-1-6(2-4-7)8-5-9(12,13)10(8,14)15/h1-5H. The monoisotopic (exact) mass is 280 g/mol. The van der Waals surface area contributed by atoms with Gasteiger partial charge in [0.2, 0.25) is 0 Å². The predicted octanol–water partition coefficient (Wildman–Crippen LogP) is 4.12. The highest BCUT2D eigenvalue weighted by Crippen LogP contribution is 2.54. The summed E-state index contributed by atoms with van der Waals surface area (Å²) in [4.78, 5) is 0. The second kappa shape index (κ2) is 3.07. The van der Waals surface area contributed by atoms with E-state index in [2.05, 4.69) is 15.9 Å². The van der Waals surface area contributed by atoms with Gasteiger partial charge in [-0.1, -0.05) is 28.1 Å². The van der Waals surface area contributed by atoms with Gasteiger partial charge in [0.25, 0.3) is 0 Å². The Hall–Kier alpha value is -0.840. The van der Waals surface area contributed by atoms with Gasteiger partial charge in [0.15, 0.2) is 0 Å². The summed E-state index contributed by atoms with van der Waals surface area (Å²) in [5.74, 6) is -8.07. The van der Waals surface area contributed by atoms with E-state index in [1.165, 1.54) is 24.3 Å². The molecule has 1 aliphatic carbocycles. The third-order valence-electron chi connectivity index (χ3n) is 2.24. The van der Waals surface area contributed by atoms with E-state index in [9.17, 15) is 17.6 Å². The first-order valence-corrected chi connectivity index (χ1v) is 4.89. The van der Waals surface area contributed by atoms with E-state index in [-0.39, 0.29) is 5.56 Å². The molecule has 0 amide bonds. The topological polar surface area (TPSA) is 0 Å². The molecule has 0 aliphatic heterocycles. The minimum absolute atomic E-state index is 0.120. The van der Waals surface area contributed by atoms with Crippen LogP contribution in [0.1, 0.15) is 5.56 Å². The number of hydrogen-bond donors (Lipinski definition) is 0. The second-order valence-electron chi connectivity index (χ2n) is 3.26. The molecule has 0 nitrogen and oxygen atoms in total. The lowest BCUT2D eigenvalue weighted by molar-refractivity contribution is -0.159. The molecular weight excluding hydrogens is 276 g/mol. The molecule has 0 aromatic heterocycles. The molecule has 0 saturated heterocycles. The van der Waals surface area contributed by atoms with Gasteiger partial charge in [-0.2, -0.15) is 17.6 Å². The van der Waals surface area contributed by atoms with Gasteiger partial charge in [-0.25, -0.2) is 0 Å². The Kier molecular flexibility index (Phi) is 2.19. The number of alkyl halides is 4. The Morgan fingerprint density at radius 1 is 0.933 bits per heavy atom. The normalized spacial score (nSPS) is 21.8. The average molecular weight is 281 g/mol. The zero-order chi connectivity index (χ0) is 11.3. The fraction of sp³-hybridized carbons (Fsp3) is 0.200. The first-order chi connectivity index (χ1) is 6.84. The summed E-state index contributed by atoms with van der Waals surface area (Å²) in [5, 5.41) is 0. The summed E-state index contributed by atoms with van der Waals surface area (Å²) < 4.78 is 51.6. The maximum Gasteiger partial charge on any atom is 0.339 e. The molecule has 0 radical (unpaired) electrons. The molecule has 0 atom stereocenters. The summed E-state index contributed by atoms with van der Waals surface area (Å²) >= 11 is 3.13. The molecule has 0 unspecified atom stereocenters. The van der Waals surface area contributed by atoms with Crippen molar-refractivity contribution < 1.29 is 17.6 Å². The quantitative estimate of drug-likeness (QED) is 0.679. The molecule has 0 bridgehead atoms. The third-order valence-corrected chi connectivity index (χ3v) is 2.77. The second-order valence-corrected chi connectivity index (χ2v) is 4.18. The molecule has 0 heterocycles. The van der Waals surface area contributed by atoms with Crippen LogP contribution < -0.4 is 0 Å². The molecule has 1 aliphatic rings. The maximum atomic E-state index is 12.9. The summed E-state index contributed by atoms with van der Waals surface area (Å²) in [5.41, 5.74) is -0.492. The first-order valence-electron chi connectivity index (χ1n) is 4.09. The van der Waals surface area contributed by atoms with E-state index in [0.717, 1.165) is 0 Å². The third kappa shape index (κ3) is 1.49. The van der Waals surface area contributed by atoms with Crippen LogP contribution in [-0.4, -0.2) is 11.8 Å². The highest BCUT2D eigenvalue weighted by atomic mass is 79.9. The number of benzene rings is 1. The highest BCUT2D eigenvalue weighted by molar-refractivity contribution is 9.10. The largest absolute Gasteiger partial charge is 0.339 e. The van der Waals surface area contributed by atoms with Crippen molar-refractivity contribution in [3.8, 4) is 0 Å². The lowest BCUT2D eigenvalue weighted by atomic mass is 9.84. The van der Waals surface area contributed by atoms with E-state index < -0.39 is 17.4 Å². The van der Waals surface area contributed by atoms with Crippen molar-refractivity contribution in [2.45, 2.75) is 11.8 Å². The van der Waals surface area contributed by atoms with Gasteiger partial charge < -0.3 is 0 Å². The lowest BCUT2D eigenvalue weighted by Crippen LogP contribution is -2.48. The van der Waals surface area contributed by atoms with Crippen LogP contribution >= 0.6 is 15.9 Å². The van der Waals surface area contributed by atoms with Crippen LogP contribution in [0.3, 0.4) is 0 Å². The predicted molar refractivity (Wildman–Crippen MR) is 52.0 cm³/mol. The van der Waals surface area contributed by atoms with Gasteiger partial charge in [-0.05, 0) is 17.7 Å². The minimum Gasteiger partial charge on any atom is -0.195 e. The number of hydrogen-bond acceptors (Lipinski definition) is 0. The molecular formula is C10H5BrF4. The molecule has 5 heteroatoms. The molecule has 0 spiro atoms. The van der Waals surface area contributed by atoms with Gasteiger partial charge in [-0.15, -0.1) is 0 Å². The molecule has 0 fully saturated rings. The van der Waals surface area contributed by atoms with E-state index in [4.69, 9.17) is 0 Å². The van der Waals surface area contributed by atoms with Crippen molar-refractivity contribution in [1.82, 2.24) is 0 Å². The lowest BCUT2D eigenvalue weighted by Gasteiger charge is -2.35. The van der Waals surface area contributed by atoms with Crippen molar-refractivity contribution in [3.63, 3.8) is 0 Å². The van der Waals surface area contributed by atoms with Gasteiger partial charge in [0.05, 0.1) is 0 Å². The van der Waals surface area contributed by atoms with Crippen LogP contribution in [0.15, 0.2) is 34.8 Å². The van der Waals surface area contributed by atoms with Crippen molar-refractivity contribution in [3.05, 3.63) is 40.4 Å². The fourth-order valence-electron chi connectivity index (χ4n) is 1.36. The van der Waals surface area contributed by atoms with Crippen LogP contribution in [0, 0.1) is 0 Å². The fourth-order valence-corrected chi connectivity index (χ4v) is 1.62. The molecule has 1 aromatic rings. The Morgan fingerprint density at radius 2 is 1.47 bits per heavy atom. The van der Waals surface area contributed by atoms with Crippen LogP contribution in [0.25, 0.3) is 5.57 Å². The molecule has 80 valence electrons. The molecule has 2 rings (SSSR count). The van der Waals surface area contributed by atoms with Crippen molar-refractivity contribution in [2.75, 3.05) is 0 Å². The van der Waals surface area contributed by atoms with E-state index in [1.54, 1.807) is 0 Å². The molecule has 15 heavy (non-hydrogen) atoms. The molecule has 1 aromatic carbocycles. The molecule has 0 N–H and O–H groups in total. The Labute approximate surface area is 91.7 Å². The van der Waals surface area contributed by atoms with E-state index >= 15 is 0 Å². The van der Waals surface area contributed by atoms with E-state index in [0.29, 0.717) is 10.5 Å². The van der Waals surface area contributed by atoms with E-state index in [1.807, 2.05) is 0 Å². The van der Waals surface area contributed by atoms with Gasteiger partial charge in [0.1, 0.15) is 0 Å². The van der Waals surface area contributed by atoms with Crippen LogP contribution in [-0.2, 0) is 0 Å². The maximum absolute atomic E-state index is 12.9. The Balaban J connectivity index is 2.40. The van der Waals surface area contributed by atoms with Gasteiger partial charge in [0, 0.05) is 16.1 Å². The smallest absolute Gasteiger partial charge is 0.195 e. The summed E-state index contributed by atoms with van der Waals surface area (Å²) in [6.07, 6.45) is 0.302.